The van der Waals surface area contributed by atoms with Crippen molar-refractivity contribution >= 4 is 27.6 Å². The van der Waals surface area contributed by atoms with Gasteiger partial charge in [0.25, 0.3) is 0 Å². The van der Waals surface area contributed by atoms with Gasteiger partial charge < -0.3 is 19.7 Å². The summed E-state index contributed by atoms with van der Waals surface area (Å²) in [6, 6.07) is 3.88. The number of sulfonamides is 1. The minimum Gasteiger partial charge on any atom is -0.472 e. The molecule has 0 aromatic carbocycles. The maximum atomic E-state index is 12.8. The molecule has 0 amide bonds. The van der Waals surface area contributed by atoms with Gasteiger partial charge in [0.1, 0.15) is 11.9 Å². The first-order valence-corrected chi connectivity index (χ1v) is 14.1. The Bertz CT molecular complexity index is 1120. The van der Waals surface area contributed by atoms with Crippen LogP contribution in [0.25, 0.3) is 0 Å². The lowest BCUT2D eigenvalue weighted by Gasteiger charge is -2.49. The van der Waals surface area contributed by atoms with Crippen LogP contribution >= 0.6 is 0 Å². The maximum Gasteiger partial charge on any atom is 0.230 e. The van der Waals surface area contributed by atoms with Gasteiger partial charge in [-0.2, -0.15) is 19.4 Å². The number of ether oxygens (including phenoxy) is 2. The molecular weight excluding hydrogens is 470 g/mol. The third kappa shape index (κ3) is 5.24. The zero-order valence-electron chi connectivity index (χ0n) is 20.6. The van der Waals surface area contributed by atoms with Gasteiger partial charge in [0.2, 0.25) is 21.9 Å². The summed E-state index contributed by atoms with van der Waals surface area (Å²) in [7, 11) is -1.23. The van der Waals surface area contributed by atoms with Gasteiger partial charge >= 0.3 is 0 Å². The summed E-state index contributed by atoms with van der Waals surface area (Å²) in [5, 5.41) is 10.4. The van der Waals surface area contributed by atoms with Crippen molar-refractivity contribution in [3.63, 3.8) is 0 Å². The molecule has 3 aliphatic heterocycles. The first-order valence-electron chi connectivity index (χ1n) is 12.5. The Morgan fingerprint density at radius 1 is 1.20 bits per heavy atom. The molecule has 2 aromatic rings. The smallest absolute Gasteiger partial charge is 0.230 e. The number of hydrogen-bond donors (Lipinski definition) is 2. The topological polar surface area (TPSA) is 126 Å². The molecule has 2 aromatic heterocycles. The summed E-state index contributed by atoms with van der Waals surface area (Å²) < 4.78 is 39.0. The Morgan fingerprint density at radius 3 is 2.60 bits per heavy atom. The molecule has 4 atom stereocenters. The van der Waals surface area contributed by atoms with Crippen molar-refractivity contribution in [1.82, 2.24) is 24.5 Å². The molecular formula is C23H35N7O4S. The fourth-order valence-corrected chi connectivity index (χ4v) is 7.07. The monoisotopic (exact) mass is 505 g/mol. The lowest BCUT2D eigenvalue weighted by Crippen LogP contribution is -2.58. The third-order valence-electron chi connectivity index (χ3n) is 7.26. The highest BCUT2D eigenvalue weighted by Gasteiger charge is 2.45. The first-order chi connectivity index (χ1) is 16.8. The van der Waals surface area contributed by atoms with Crippen molar-refractivity contribution in [3.8, 4) is 5.88 Å². The van der Waals surface area contributed by atoms with Crippen LogP contribution in [0, 0.1) is 6.92 Å². The average Bonchev–Trinajstić information content (AvgIpc) is 3.49. The molecule has 3 saturated heterocycles. The highest BCUT2D eigenvalue weighted by molar-refractivity contribution is 7.89. The Morgan fingerprint density at radius 2 is 1.97 bits per heavy atom. The second-order valence-corrected chi connectivity index (χ2v) is 11.9. The van der Waals surface area contributed by atoms with E-state index in [1.807, 2.05) is 20.0 Å². The van der Waals surface area contributed by atoms with Crippen LogP contribution in [0.4, 0.5) is 17.6 Å². The number of fused-ring (bicyclic) bond motifs is 2. The summed E-state index contributed by atoms with van der Waals surface area (Å²) >= 11 is 0. The molecule has 11 nitrogen and oxygen atoms in total. The van der Waals surface area contributed by atoms with Crippen molar-refractivity contribution in [2.45, 2.75) is 76.6 Å². The van der Waals surface area contributed by atoms with Gasteiger partial charge in [-0.3, -0.25) is 5.10 Å². The number of nitrogens with one attached hydrogen (secondary N) is 2. The zero-order valence-corrected chi connectivity index (χ0v) is 21.4. The quantitative estimate of drug-likeness (QED) is 0.557. The number of hydrogen-bond acceptors (Lipinski definition) is 9. The molecule has 0 aliphatic carbocycles. The van der Waals surface area contributed by atoms with E-state index in [2.05, 4.69) is 20.4 Å². The predicted octanol–water partition coefficient (Wildman–Crippen LogP) is 2.59. The molecule has 12 heteroatoms. The van der Waals surface area contributed by atoms with Gasteiger partial charge in [-0.05, 0) is 39.5 Å². The summed E-state index contributed by atoms with van der Waals surface area (Å²) in [5.41, 5.74) is 0.943. The van der Waals surface area contributed by atoms with E-state index in [1.165, 1.54) is 0 Å². The molecule has 3 aliphatic rings. The molecule has 35 heavy (non-hydrogen) atoms. The van der Waals surface area contributed by atoms with Gasteiger partial charge in [0.05, 0.1) is 19.0 Å². The van der Waals surface area contributed by atoms with E-state index in [9.17, 15) is 8.42 Å². The molecule has 0 saturated carbocycles. The number of H-pyrrole nitrogens is 1. The van der Waals surface area contributed by atoms with Crippen molar-refractivity contribution in [2.24, 2.45) is 0 Å². The van der Waals surface area contributed by atoms with Crippen LogP contribution in [0.15, 0.2) is 12.1 Å². The van der Waals surface area contributed by atoms with E-state index in [0.717, 1.165) is 44.2 Å². The summed E-state index contributed by atoms with van der Waals surface area (Å²) in [6.45, 7) is 4.90. The van der Waals surface area contributed by atoms with Crippen molar-refractivity contribution in [2.75, 3.05) is 36.2 Å². The fourth-order valence-electron chi connectivity index (χ4n) is 5.48. The maximum absolute atomic E-state index is 12.8. The van der Waals surface area contributed by atoms with E-state index in [4.69, 9.17) is 19.4 Å². The molecule has 0 radical (unpaired) electrons. The lowest BCUT2D eigenvalue weighted by atomic mass is 9.83. The van der Waals surface area contributed by atoms with E-state index in [1.54, 1.807) is 17.3 Å². The standard InChI is InChI=1S/C23H35N7O4S/c1-4-35(31,32)30-16-6-5-7-17(30)12-18(11-16)29(3)23-25-20(24-21-10-15(2)27-28-21)13-22(26-23)34-19-8-9-33-14-19/h10,13,16-19H,4-9,11-12,14H2,1-3H3,(H2,24,25,26,27,28)/t16-,17+,18?,19?. The lowest BCUT2D eigenvalue weighted by molar-refractivity contribution is 0.109. The minimum absolute atomic E-state index is 0.0274. The fraction of sp³-hybridized carbons (Fsp3) is 0.696. The molecule has 2 unspecified atom stereocenters. The summed E-state index contributed by atoms with van der Waals surface area (Å²) in [6.07, 6.45) is 5.18. The highest BCUT2D eigenvalue weighted by Crippen LogP contribution is 2.38. The predicted molar refractivity (Wildman–Crippen MR) is 133 cm³/mol. The molecule has 2 bridgehead atoms. The van der Waals surface area contributed by atoms with Gasteiger partial charge in [0.15, 0.2) is 5.82 Å². The first kappa shape index (κ1) is 24.3. The van der Waals surface area contributed by atoms with Crippen LogP contribution in [-0.4, -0.2) is 83.1 Å². The number of anilines is 3. The molecule has 192 valence electrons. The number of piperidine rings is 2. The molecule has 2 N–H and O–H groups in total. The number of aromatic nitrogens is 4. The Hall–Kier alpha value is -2.44. The number of nitrogens with zero attached hydrogens (tertiary/aromatic N) is 5. The van der Waals surface area contributed by atoms with Gasteiger partial charge in [-0.1, -0.05) is 6.42 Å². The minimum atomic E-state index is -3.22. The molecule has 0 spiro atoms. The van der Waals surface area contributed by atoms with Crippen LogP contribution in [0.5, 0.6) is 5.88 Å². The SMILES string of the molecule is CCS(=O)(=O)N1[C@@H]2CCC[C@H]1CC(N(C)c1nc(Nc3cc(C)[nH]n3)cc(OC3CCOC3)n1)C2. The Labute approximate surface area is 206 Å². The summed E-state index contributed by atoms with van der Waals surface area (Å²) in [4.78, 5) is 11.6. The van der Waals surface area contributed by atoms with E-state index >= 15 is 0 Å². The Balaban J connectivity index is 1.40. The normalized spacial score (nSPS) is 27.1. The van der Waals surface area contributed by atoms with Gasteiger partial charge in [-0.15, -0.1) is 0 Å². The van der Waals surface area contributed by atoms with E-state index in [0.29, 0.717) is 36.7 Å². The molecule has 3 fully saturated rings. The molecule has 5 heterocycles. The van der Waals surface area contributed by atoms with Crippen molar-refractivity contribution in [3.05, 3.63) is 17.8 Å². The number of aromatic amines is 1. The van der Waals surface area contributed by atoms with Crippen molar-refractivity contribution in [1.29, 1.82) is 0 Å². The third-order valence-corrected chi connectivity index (χ3v) is 9.23. The van der Waals surface area contributed by atoms with Crippen molar-refractivity contribution < 1.29 is 17.9 Å². The second-order valence-electron chi connectivity index (χ2n) is 9.76. The van der Waals surface area contributed by atoms with Crippen LogP contribution in [0.2, 0.25) is 0 Å². The Kier molecular flexibility index (Phi) is 6.86. The van der Waals surface area contributed by atoms with Gasteiger partial charge in [0, 0.05) is 49.4 Å². The zero-order chi connectivity index (χ0) is 24.6. The van der Waals surface area contributed by atoms with Crippen LogP contribution < -0.4 is 15.0 Å². The average molecular weight is 506 g/mol. The van der Waals surface area contributed by atoms with Crippen LogP contribution in [-0.2, 0) is 14.8 Å². The van der Waals surface area contributed by atoms with Crippen LogP contribution in [0.1, 0.15) is 51.1 Å². The number of aryl methyl sites for hydroxylation is 1. The number of rotatable bonds is 8. The largest absolute Gasteiger partial charge is 0.472 e. The highest BCUT2D eigenvalue weighted by atomic mass is 32.2. The second kappa shape index (κ2) is 9.90. The van der Waals surface area contributed by atoms with Crippen LogP contribution in [0.3, 0.4) is 0 Å². The van der Waals surface area contributed by atoms with Gasteiger partial charge in [-0.25, -0.2) is 8.42 Å². The molecule has 5 rings (SSSR count). The summed E-state index contributed by atoms with van der Waals surface area (Å²) in [5.74, 6) is 2.44. The van der Waals surface area contributed by atoms with E-state index < -0.39 is 10.0 Å². The van der Waals surface area contributed by atoms with E-state index in [-0.39, 0.29) is 30.0 Å².